The molecule has 0 bridgehead atoms. The maximum atomic E-state index is 5.01. The van der Waals surface area contributed by atoms with Gasteiger partial charge >= 0.3 is 0 Å². The van der Waals surface area contributed by atoms with Crippen LogP contribution in [0.4, 0.5) is 0 Å². The highest BCUT2D eigenvalue weighted by atomic mass is 28.2. The first kappa shape index (κ1) is 10.1. The number of ether oxygens (including phenoxy) is 2. The van der Waals surface area contributed by atoms with Crippen LogP contribution in [0.1, 0.15) is 13.8 Å². The quantitative estimate of drug-likeness (QED) is 0.441. The summed E-state index contributed by atoms with van der Waals surface area (Å²) in [6, 6.07) is 2.21. The van der Waals surface area contributed by atoms with Crippen LogP contribution in [0.5, 0.6) is 0 Å². The fourth-order valence-corrected chi connectivity index (χ4v) is 1.32. The Labute approximate surface area is 65.7 Å². The second-order valence-corrected chi connectivity index (χ2v) is 3.52. The standard InChI is InChI=1S/C7H15O2Si/c1-6(2)5-10-7(8-3)9-4/h5-7H,1-4H3. The summed E-state index contributed by atoms with van der Waals surface area (Å²) in [6.45, 7) is 4.30. The van der Waals surface area contributed by atoms with Crippen LogP contribution in [0.15, 0.2) is 0 Å². The van der Waals surface area contributed by atoms with E-state index < -0.39 is 0 Å². The summed E-state index contributed by atoms with van der Waals surface area (Å²) in [5, 5.41) is 0. The van der Waals surface area contributed by atoms with E-state index in [0.29, 0.717) is 15.4 Å². The first-order valence-corrected chi connectivity index (χ1v) is 4.51. The lowest BCUT2D eigenvalue weighted by molar-refractivity contribution is -0.0436. The molecule has 0 aliphatic heterocycles. The van der Waals surface area contributed by atoms with E-state index in [9.17, 15) is 0 Å². The van der Waals surface area contributed by atoms with Crippen molar-refractivity contribution in [3.05, 3.63) is 6.04 Å². The molecule has 0 saturated carbocycles. The fraction of sp³-hybridized carbons (Fsp3) is 0.857. The molecule has 0 aliphatic rings. The molecule has 0 saturated heterocycles. The van der Waals surface area contributed by atoms with Crippen LogP contribution in [0.2, 0.25) is 0 Å². The maximum Gasteiger partial charge on any atom is 0.136 e. The van der Waals surface area contributed by atoms with E-state index in [0.717, 1.165) is 0 Å². The second-order valence-electron chi connectivity index (χ2n) is 2.38. The Morgan fingerprint density at radius 2 is 1.70 bits per heavy atom. The van der Waals surface area contributed by atoms with Crippen LogP contribution < -0.4 is 0 Å². The smallest absolute Gasteiger partial charge is 0.136 e. The molecule has 3 radical (unpaired) electrons. The summed E-state index contributed by atoms with van der Waals surface area (Å²) in [5.74, 6) is 0.577. The van der Waals surface area contributed by atoms with Crippen LogP contribution in [-0.2, 0) is 9.47 Å². The van der Waals surface area contributed by atoms with Gasteiger partial charge in [-0.1, -0.05) is 13.8 Å². The summed E-state index contributed by atoms with van der Waals surface area (Å²) in [4.78, 5) is 0. The zero-order valence-electron chi connectivity index (χ0n) is 7.05. The van der Waals surface area contributed by atoms with Gasteiger partial charge in [-0.15, -0.1) is 0 Å². The molecule has 0 atom stereocenters. The van der Waals surface area contributed by atoms with Gasteiger partial charge in [0.1, 0.15) is 15.4 Å². The van der Waals surface area contributed by atoms with Crippen molar-refractivity contribution in [1.29, 1.82) is 0 Å². The van der Waals surface area contributed by atoms with Gasteiger partial charge < -0.3 is 9.47 Å². The summed E-state index contributed by atoms with van der Waals surface area (Å²) >= 11 is 0. The van der Waals surface area contributed by atoms with E-state index in [-0.39, 0.29) is 5.91 Å². The SMILES string of the molecule is COC(OC)[Si][CH]C(C)C. The largest absolute Gasteiger partial charge is 0.360 e. The Bertz CT molecular complexity index is 72.0. The van der Waals surface area contributed by atoms with Crippen LogP contribution in [-0.4, -0.2) is 29.7 Å². The molecule has 59 valence electrons. The summed E-state index contributed by atoms with van der Waals surface area (Å²) in [7, 11) is 3.96. The highest BCUT2D eigenvalue weighted by Gasteiger charge is 2.06. The van der Waals surface area contributed by atoms with Gasteiger partial charge in [0.2, 0.25) is 0 Å². The lowest BCUT2D eigenvalue weighted by Gasteiger charge is -2.12. The van der Waals surface area contributed by atoms with E-state index >= 15 is 0 Å². The van der Waals surface area contributed by atoms with Crippen molar-refractivity contribution >= 4 is 9.52 Å². The van der Waals surface area contributed by atoms with Gasteiger partial charge in [-0.25, -0.2) is 0 Å². The first-order valence-electron chi connectivity index (χ1n) is 3.35. The van der Waals surface area contributed by atoms with Crippen LogP contribution in [0.25, 0.3) is 0 Å². The Morgan fingerprint density at radius 3 is 2.00 bits per heavy atom. The molecule has 0 fully saturated rings. The van der Waals surface area contributed by atoms with Crippen molar-refractivity contribution in [3.8, 4) is 0 Å². The lowest BCUT2D eigenvalue weighted by atomic mass is 10.3. The lowest BCUT2D eigenvalue weighted by Crippen LogP contribution is -2.23. The molecule has 0 amide bonds. The summed E-state index contributed by atoms with van der Waals surface area (Å²) in [5.41, 5.74) is 0. The molecule has 3 heteroatoms. The average molecular weight is 159 g/mol. The topological polar surface area (TPSA) is 18.5 Å². The fourth-order valence-electron chi connectivity index (χ4n) is 0.503. The van der Waals surface area contributed by atoms with Crippen molar-refractivity contribution in [2.45, 2.75) is 19.8 Å². The molecular weight excluding hydrogens is 144 g/mol. The number of rotatable bonds is 5. The molecule has 0 aromatic rings. The predicted molar refractivity (Wildman–Crippen MR) is 42.7 cm³/mol. The zero-order valence-corrected chi connectivity index (χ0v) is 8.05. The van der Waals surface area contributed by atoms with Crippen molar-refractivity contribution in [3.63, 3.8) is 0 Å². The van der Waals surface area contributed by atoms with Crippen LogP contribution in [0.3, 0.4) is 0 Å². The van der Waals surface area contributed by atoms with Gasteiger partial charge in [-0.3, -0.25) is 0 Å². The van der Waals surface area contributed by atoms with Gasteiger partial charge in [0.15, 0.2) is 0 Å². The van der Waals surface area contributed by atoms with Gasteiger partial charge in [-0.05, 0) is 12.0 Å². The molecule has 0 spiro atoms. The molecule has 0 aromatic heterocycles. The minimum Gasteiger partial charge on any atom is -0.360 e. The molecule has 0 aliphatic carbocycles. The maximum absolute atomic E-state index is 5.01. The van der Waals surface area contributed by atoms with Crippen molar-refractivity contribution in [2.24, 2.45) is 5.92 Å². The minimum atomic E-state index is -0.0394. The number of hydrogen-bond donors (Lipinski definition) is 0. The third-order valence-corrected chi connectivity index (χ3v) is 2.60. The van der Waals surface area contributed by atoms with E-state index in [4.69, 9.17) is 9.47 Å². The van der Waals surface area contributed by atoms with E-state index in [1.165, 1.54) is 0 Å². The molecule has 0 heterocycles. The molecule has 0 N–H and O–H groups in total. The normalized spacial score (nSPS) is 11.4. The molecule has 0 aromatic carbocycles. The Morgan fingerprint density at radius 1 is 1.20 bits per heavy atom. The van der Waals surface area contributed by atoms with Gasteiger partial charge in [0.05, 0.1) is 0 Å². The number of methoxy groups -OCH3 is 2. The average Bonchev–Trinajstić information content (AvgIpc) is 1.90. The highest BCUT2D eigenvalue weighted by Crippen LogP contribution is 1.99. The van der Waals surface area contributed by atoms with Crippen molar-refractivity contribution in [1.82, 2.24) is 0 Å². The van der Waals surface area contributed by atoms with Crippen LogP contribution >= 0.6 is 0 Å². The monoisotopic (exact) mass is 159 g/mol. The third-order valence-electron chi connectivity index (χ3n) is 0.994. The summed E-state index contributed by atoms with van der Waals surface area (Å²) < 4.78 is 10.0. The predicted octanol–water partition coefficient (Wildman–Crippen LogP) is 1.08. The summed E-state index contributed by atoms with van der Waals surface area (Å²) in [6.07, 6.45) is 0. The van der Waals surface area contributed by atoms with Crippen LogP contribution in [0, 0.1) is 12.0 Å². The van der Waals surface area contributed by atoms with Crippen molar-refractivity contribution in [2.75, 3.05) is 14.2 Å². The Balaban J connectivity index is 3.26. The minimum absolute atomic E-state index is 0.0394. The molecule has 10 heavy (non-hydrogen) atoms. The molecular formula is C7H15O2Si. The van der Waals surface area contributed by atoms with Gasteiger partial charge in [0, 0.05) is 14.2 Å². The van der Waals surface area contributed by atoms with E-state index in [1.807, 2.05) is 0 Å². The Hall–Kier alpha value is 0.137. The third kappa shape index (κ3) is 4.96. The second kappa shape index (κ2) is 5.89. The zero-order chi connectivity index (χ0) is 7.98. The van der Waals surface area contributed by atoms with E-state index in [1.54, 1.807) is 14.2 Å². The highest BCUT2D eigenvalue weighted by molar-refractivity contribution is 6.41. The van der Waals surface area contributed by atoms with E-state index in [2.05, 4.69) is 19.9 Å². The van der Waals surface area contributed by atoms with Crippen molar-refractivity contribution < 1.29 is 9.47 Å². The molecule has 0 unspecified atom stereocenters. The Kier molecular flexibility index (Phi) is 5.97. The molecule has 0 rings (SSSR count). The first-order chi connectivity index (χ1) is 4.70. The van der Waals surface area contributed by atoms with Gasteiger partial charge in [0.25, 0.3) is 0 Å². The molecule has 2 nitrogen and oxygen atoms in total. The number of hydrogen-bond acceptors (Lipinski definition) is 2. The van der Waals surface area contributed by atoms with Gasteiger partial charge in [-0.2, -0.15) is 0 Å².